The van der Waals surface area contributed by atoms with Crippen LogP contribution in [-0.4, -0.2) is 35.1 Å². The molecule has 4 rings (SSSR count). The molecule has 0 aliphatic rings. The average Bonchev–Trinajstić information content (AvgIpc) is 3.14. The number of hydrogen-bond acceptors (Lipinski definition) is 3. The van der Waals surface area contributed by atoms with E-state index in [-0.39, 0.29) is 11.6 Å². The van der Waals surface area contributed by atoms with Crippen molar-refractivity contribution in [1.82, 2.24) is 9.97 Å². The highest BCUT2D eigenvalue weighted by Gasteiger charge is 2.15. The molecule has 0 aliphatic heterocycles. The Morgan fingerprint density at radius 3 is 2.50 bits per heavy atom. The zero-order valence-corrected chi connectivity index (χ0v) is 19.1. The van der Waals surface area contributed by atoms with Gasteiger partial charge in [-0.3, -0.25) is 0 Å². The molecule has 3 aromatic carbocycles. The normalized spacial score (nSPS) is 12.3. The van der Waals surface area contributed by atoms with Gasteiger partial charge in [-0.2, -0.15) is 4.98 Å². The molecule has 0 spiro atoms. The Kier molecular flexibility index (Phi) is 5.91. The highest BCUT2D eigenvalue weighted by Crippen LogP contribution is 2.33. The number of nitrogens with zero attached hydrogens (tertiary/aromatic N) is 1. The zero-order valence-electron chi connectivity index (χ0n) is 18.4. The fourth-order valence-corrected chi connectivity index (χ4v) is 3.84. The number of ether oxygens (including phenoxy) is 1. The molecule has 164 valence electrons. The van der Waals surface area contributed by atoms with Crippen molar-refractivity contribution in [2.75, 3.05) is 14.1 Å². The number of aromatic nitrogens is 2. The Hall–Kier alpha value is -3.35. The molecule has 0 saturated carbocycles. The van der Waals surface area contributed by atoms with Gasteiger partial charge < -0.3 is 19.7 Å². The summed E-state index contributed by atoms with van der Waals surface area (Å²) in [5, 5.41) is 9.93. The molecule has 0 fully saturated rings. The van der Waals surface area contributed by atoms with Gasteiger partial charge in [0.25, 0.3) is 6.01 Å². The van der Waals surface area contributed by atoms with Crippen molar-refractivity contribution in [3.8, 4) is 22.9 Å². The van der Waals surface area contributed by atoms with Gasteiger partial charge in [0, 0.05) is 11.1 Å². The molecule has 6 nitrogen and oxygen atoms in total. The van der Waals surface area contributed by atoms with Crippen LogP contribution in [0.15, 0.2) is 54.6 Å². The minimum atomic E-state index is -0.999. The van der Waals surface area contributed by atoms with Gasteiger partial charge >= 0.3 is 5.97 Å². The molecule has 1 unspecified atom stereocenters. The number of aryl methyl sites for hydroxylation is 1. The summed E-state index contributed by atoms with van der Waals surface area (Å²) in [5.41, 5.74) is 5.46. The second kappa shape index (κ2) is 8.65. The van der Waals surface area contributed by atoms with Gasteiger partial charge in [0.05, 0.1) is 35.7 Å². The lowest BCUT2D eigenvalue weighted by molar-refractivity contribution is -0.890. The average molecular weight is 451 g/mol. The number of fused-ring (bicyclic) bond motifs is 1. The first-order chi connectivity index (χ1) is 15.2. The molecule has 0 amide bonds. The fraction of sp³-hybridized carbons (Fsp3) is 0.200. The number of hydrogen-bond donors (Lipinski definition) is 3. The summed E-state index contributed by atoms with van der Waals surface area (Å²) in [7, 11) is 4.28. The Labute approximate surface area is 191 Å². The van der Waals surface area contributed by atoms with E-state index in [9.17, 15) is 9.90 Å². The summed E-state index contributed by atoms with van der Waals surface area (Å²) in [6, 6.07) is 17.7. The summed E-state index contributed by atoms with van der Waals surface area (Å²) in [6.07, 6.45) is 0. The molecule has 3 N–H and O–H groups in total. The Balaban J connectivity index is 1.64. The Morgan fingerprint density at radius 2 is 1.84 bits per heavy atom. The molecule has 0 saturated heterocycles. The Bertz CT molecular complexity index is 1300. The monoisotopic (exact) mass is 450 g/mol. The van der Waals surface area contributed by atoms with Crippen LogP contribution in [0.5, 0.6) is 11.8 Å². The first kappa shape index (κ1) is 21.9. The molecule has 1 aromatic heterocycles. The van der Waals surface area contributed by atoms with Crippen LogP contribution in [0.3, 0.4) is 0 Å². The number of benzene rings is 3. The lowest BCUT2D eigenvalue weighted by Gasteiger charge is -2.17. The second-order valence-corrected chi connectivity index (χ2v) is 8.60. The summed E-state index contributed by atoms with van der Waals surface area (Å²) in [5.74, 6) is -0.604. The van der Waals surface area contributed by atoms with Crippen LogP contribution >= 0.6 is 11.6 Å². The topological polar surface area (TPSA) is 79.7 Å². The molecular weight excluding hydrogens is 426 g/mol. The third kappa shape index (κ3) is 4.33. The summed E-state index contributed by atoms with van der Waals surface area (Å²) < 4.78 is 5.78. The van der Waals surface area contributed by atoms with Crippen LogP contribution in [0.2, 0.25) is 5.02 Å². The highest BCUT2D eigenvalue weighted by atomic mass is 35.5. The third-order valence-corrected chi connectivity index (χ3v) is 6.10. The van der Waals surface area contributed by atoms with Crippen LogP contribution in [0.1, 0.15) is 34.5 Å². The first-order valence-corrected chi connectivity index (χ1v) is 10.7. The van der Waals surface area contributed by atoms with E-state index in [4.69, 9.17) is 16.3 Å². The SMILES string of the molecule is Cc1ccc(Oc2nc3cc(-c4ccc(C(C)[NH+](C)C)cc4)c(Cl)cc3[nH]2)cc1C(=O)O. The van der Waals surface area contributed by atoms with E-state index in [1.807, 2.05) is 12.1 Å². The van der Waals surface area contributed by atoms with Crippen LogP contribution in [-0.2, 0) is 0 Å². The largest absolute Gasteiger partial charge is 0.478 e. The molecule has 4 aromatic rings. The lowest BCUT2D eigenvalue weighted by Crippen LogP contribution is -3.05. The van der Waals surface area contributed by atoms with Gasteiger partial charge in [0.2, 0.25) is 0 Å². The van der Waals surface area contributed by atoms with Crippen molar-refractivity contribution in [2.24, 2.45) is 0 Å². The van der Waals surface area contributed by atoms with Gasteiger partial charge in [-0.05, 0) is 49.2 Å². The number of quaternary nitrogens is 1. The maximum Gasteiger partial charge on any atom is 0.336 e. The lowest BCUT2D eigenvalue weighted by atomic mass is 10.0. The van der Waals surface area contributed by atoms with Crippen molar-refractivity contribution in [1.29, 1.82) is 0 Å². The number of carboxylic acid groups (broad SMARTS) is 1. The summed E-state index contributed by atoms with van der Waals surface area (Å²) >= 11 is 6.58. The molecule has 32 heavy (non-hydrogen) atoms. The number of imidazole rings is 1. The van der Waals surface area contributed by atoms with Gasteiger partial charge in [0.15, 0.2) is 0 Å². The van der Waals surface area contributed by atoms with Crippen LogP contribution in [0, 0.1) is 6.92 Å². The number of carbonyl (C=O) groups is 1. The molecule has 7 heteroatoms. The predicted octanol–water partition coefficient (Wildman–Crippen LogP) is 4.89. The number of aromatic carboxylic acids is 1. The molecule has 1 heterocycles. The maximum absolute atomic E-state index is 11.4. The maximum atomic E-state index is 11.4. The zero-order chi connectivity index (χ0) is 23.0. The van der Waals surface area contributed by atoms with Crippen LogP contribution in [0.4, 0.5) is 0 Å². The molecule has 0 bridgehead atoms. The van der Waals surface area contributed by atoms with Crippen molar-refractivity contribution >= 4 is 28.6 Å². The fourth-order valence-electron chi connectivity index (χ4n) is 3.57. The molecule has 0 radical (unpaired) electrons. The molecule has 1 atom stereocenters. The highest BCUT2D eigenvalue weighted by molar-refractivity contribution is 6.34. The minimum absolute atomic E-state index is 0.192. The van der Waals surface area contributed by atoms with E-state index < -0.39 is 5.97 Å². The van der Waals surface area contributed by atoms with Crippen molar-refractivity contribution in [3.63, 3.8) is 0 Å². The van der Waals surface area contributed by atoms with Crippen molar-refractivity contribution < 1.29 is 19.5 Å². The summed E-state index contributed by atoms with van der Waals surface area (Å²) in [4.78, 5) is 20.3. The smallest absolute Gasteiger partial charge is 0.336 e. The van der Waals surface area contributed by atoms with E-state index in [1.54, 1.807) is 19.1 Å². The Morgan fingerprint density at radius 1 is 1.12 bits per heavy atom. The van der Waals surface area contributed by atoms with Gasteiger partial charge in [0.1, 0.15) is 11.8 Å². The number of carboxylic acids is 1. The number of nitrogens with one attached hydrogen (secondary N) is 2. The number of H-pyrrole nitrogens is 1. The van der Waals surface area contributed by atoms with Crippen molar-refractivity contribution in [3.05, 3.63) is 76.3 Å². The van der Waals surface area contributed by atoms with E-state index in [2.05, 4.69) is 55.3 Å². The van der Waals surface area contributed by atoms with Crippen molar-refractivity contribution in [2.45, 2.75) is 19.9 Å². The van der Waals surface area contributed by atoms with Gasteiger partial charge in [-0.25, -0.2) is 4.79 Å². The van der Waals surface area contributed by atoms with E-state index in [1.165, 1.54) is 16.5 Å². The van der Waals surface area contributed by atoms with Gasteiger partial charge in [-0.1, -0.05) is 41.9 Å². The first-order valence-electron chi connectivity index (χ1n) is 10.3. The second-order valence-electron chi connectivity index (χ2n) is 8.20. The van der Waals surface area contributed by atoms with Crippen LogP contribution < -0.4 is 9.64 Å². The standard InChI is InChI=1S/C25H24ClN3O3/c1-14-5-10-18(11-19(14)24(30)31)32-25-27-22-12-20(21(26)13-23(22)28-25)17-8-6-16(7-9-17)15(2)29(3)4/h5-13,15H,1-4H3,(H,27,28)(H,30,31)/p+1. The van der Waals surface area contributed by atoms with E-state index >= 15 is 0 Å². The van der Waals surface area contributed by atoms with E-state index in [0.717, 1.165) is 16.6 Å². The number of aromatic amines is 1. The van der Waals surface area contributed by atoms with Crippen LogP contribution in [0.25, 0.3) is 22.2 Å². The van der Waals surface area contributed by atoms with E-state index in [0.29, 0.717) is 27.9 Å². The summed E-state index contributed by atoms with van der Waals surface area (Å²) in [6.45, 7) is 3.94. The van der Waals surface area contributed by atoms with Gasteiger partial charge in [-0.15, -0.1) is 0 Å². The molecule has 0 aliphatic carbocycles. The molecular formula is C25H25ClN3O3+. The minimum Gasteiger partial charge on any atom is -0.478 e. The predicted molar refractivity (Wildman–Crippen MR) is 126 cm³/mol. The number of rotatable bonds is 6. The third-order valence-electron chi connectivity index (χ3n) is 5.79. The quantitative estimate of drug-likeness (QED) is 0.391. The number of halogens is 1.